The fourth-order valence-electron chi connectivity index (χ4n) is 1.74. The van der Waals surface area contributed by atoms with E-state index in [1.54, 1.807) is 0 Å². The Hall–Kier alpha value is -1.77. The molecule has 0 unspecified atom stereocenters. The molecule has 3 heteroatoms. The summed E-state index contributed by atoms with van der Waals surface area (Å²) in [6.45, 7) is 5.62. The van der Waals surface area contributed by atoms with E-state index >= 15 is 0 Å². The van der Waals surface area contributed by atoms with Gasteiger partial charge in [0.15, 0.2) is 0 Å². The molecule has 3 nitrogen and oxygen atoms in total. The molecule has 0 aliphatic rings. The SMILES string of the molecule is CCn1c(COc2ccccc2)cnc1C. The molecule has 0 fully saturated rings. The lowest BCUT2D eigenvalue weighted by Gasteiger charge is -2.08. The van der Waals surface area contributed by atoms with Gasteiger partial charge in [-0.15, -0.1) is 0 Å². The van der Waals surface area contributed by atoms with Gasteiger partial charge in [0.2, 0.25) is 0 Å². The number of nitrogens with zero attached hydrogens (tertiary/aromatic N) is 2. The van der Waals surface area contributed by atoms with Crippen molar-refractivity contribution in [1.82, 2.24) is 9.55 Å². The van der Waals surface area contributed by atoms with E-state index in [4.69, 9.17) is 4.74 Å². The number of ether oxygens (including phenoxy) is 1. The van der Waals surface area contributed by atoms with Crippen LogP contribution in [0.25, 0.3) is 0 Å². The number of para-hydroxylation sites is 1. The van der Waals surface area contributed by atoms with E-state index in [1.165, 1.54) is 0 Å². The lowest BCUT2D eigenvalue weighted by molar-refractivity contribution is 0.295. The first-order valence-corrected chi connectivity index (χ1v) is 5.50. The average molecular weight is 216 g/mol. The van der Waals surface area contributed by atoms with Crippen LogP contribution < -0.4 is 4.74 Å². The zero-order valence-electron chi connectivity index (χ0n) is 9.68. The van der Waals surface area contributed by atoms with Crippen molar-refractivity contribution in [3.63, 3.8) is 0 Å². The minimum atomic E-state index is 0.568. The van der Waals surface area contributed by atoms with Crippen LogP contribution in [-0.2, 0) is 13.2 Å². The average Bonchev–Trinajstić information content (AvgIpc) is 2.68. The molecule has 0 N–H and O–H groups in total. The van der Waals surface area contributed by atoms with E-state index < -0.39 is 0 Å². The van der Waals surface area contributed by atoms with Crippen molar-refractivity contribution in [3.8, 4) is 5.75 Å². The van der Waals surface area contributed by atoms with Crippen molar-refractivity contribution in [2.75, 3.05) is 0 Å². The van der Waals surface area contributed by atoms with E-state index in [1.807, 2.05) is 43.5 Å². The largest absolute Gasteiger partial charge is 0.487 e. The molecule has 0 saturated carbocycles. The van der Waals surface area contributed by atoms with Gasteiger partial charge in [0.05, 0.1) is 11.9 Å². The van der Waals surface area contributed by atoms with Crippen LogP contribution in [0.5, 0.6) is 5.75 Å². The number of hydrogen-bond acceptors (Lipinski definition) is 2. The molecule has 16 heavy (non-hydrogen) atoms. The number of aromatic nitrogens is 2. The zero-order chi connectivity index (χ0) is 11.4. The molecular weight excluding hydrogens is 200 g/mol. The second-order valence-electron chi connectivity index (χ2n) is 3.64. The third kappa shape index (κ3) is 2.24. The molecule has 1 heterocycles. The Morgan fingerprint density at radius 3 is 2.69 bits per heavy atom. The van der Waals surface area contributed by atoms with E-state index in [0.717, 1.165) is 23.8 Å². The molecule has 0 saturated heterocycles. The van der Waals surface area contributed by atoms with Crippen LogP contribution in [0.2, 0.25) is 0 Å². The molecule has 1 aromatic carbocycles. The van der Waals surface area contributed by atoms with Crippen molar-refractivity contribution >= 4 is 0 Å². The highest BCUT2D eigenvalue weighted by Crippen LogP contribution is 2.12. The molecule has 0 spiro atoms. The summed E-state index contributed by atoms with van der Waals surface area (Å²) in [5.74, 6) is 1.93. The molecule has 2 aromatic rings. The third-order valence-corrected chi connectivity index (χ3v) is 2.58. The number of benzene rings is 1. The van der Waals surface area contributed by atoms with Gasteiger partial charge in [-0.3, -0.25) is 0 Å². The monoisotopic (exact) mass is 216 g/mol. The Labute approximate surface area is 95.7 Å². The van der Waals surface area contributed by atoms with Crippen LogP contribution in [0.3, 0.4) is 0 Å². The Kier molecular flexibility index (Phi) is 3.25. The predicted octanol–water partition coefficient (Wildman–Crippen LogP) is 2.79. The van der Waals surface area contributed by atoms with E-state index in [0.29, 0.717) is 6.61 Å². The lowest BCUT2D eigenvalue weighted by Crippen LogP contribution is -2.06. The van der Waals surface area contributed by atoms with Gasteiger partial charge in [-0.2, -0.15) is 0 Å². The quantitative estimate of drug-likeness (QED) is 0.785. The molecule has 2 rings (SSSR count). The second-order valence-corrected chi connectivity index (χ2v) is 3.64. The van der Waals surface area contributed by atoms with Gasteiger partial charge in [-0.05, 0) is 26.0 Å². The first-order chi connectivity index (χ1) is 7.81. The van der Waals surface area contributed by atoms with Crippen LogP contribution in [0.1, 0.15) is 18.4 Å². The number of rotatable bonds is 4. The Morgan fingerprint density at radius 2 is 2.00 bits per heavy atom. The van der Waals surface area contributed by atoms with Gasteiger partial charge in [-0.25, -0.2) is 4.98 Å². The van der Waals surface area contributed by atoms with Crippen molar-refractivity contribution < 1.29 is 4.74 Å². The van der Waals surface area contributed by atoms with Crippen LogP contribution in [0.4, 0.5) is 0 Å². The minimum Gasteiger partial charge on any atom is -0.487 e. The molecule has 0 aliphatic heterocycles. The van der Waals surface area contributed by atoms with Crippen molar-refractivity contribution in [3.05, 3.63) is 48.0 Å². The smallest absolute Gasteiger partial charge is 0.130 e. The molecule has 0 atom stereocenters. The highest BCUT2D eigenvalue weighted by molar-refractivity contribution is 5.21. The van der Waals surface area contributed by atoms with E-state index in [-0.39, 0.29) is 0 Å². The van der Waals surface area contributed by atoms with Crippen molar-refractivity contribution in [1.29, 1.82) is 0 Å². The molecule has 1 aromatic heterocycles. The molecule has 84 valence electrons. The maximum Gasteiger partial charge on any atom is 0.130 e. The van der Waals surface area contributed by atoms with Crippen LogP contribution >= 0.6 is 0 Å². The second kappa shape index (κ2) is 4.84. The third-order valence-electron chi connectivity index (χ3n) is 2.58. The van der Waals surface area contributed by atoms with Crippen LogP contribution in [0, 0.1) is 6.92 Å². The summed E-state index contributed by atoms with van der Waals surface area (Å²) in [5.41, 5.74) is 1.11. The van der Waals surface area contributed by atoms with Gasteiger partial charge < -0.3 is 9.30 Å². The lowest BCUT2D eigenvalue weighted by atomic mass is 10.3. The first-order valence-electron chi connectivity index (χ1n) is 5.50. The molecule has 0 amide bonds. The molecular formula is C13H16N2O. The molecule has 0 bridgehead atoms. The highest BCUT2D eigenvalue weighted by atomic mass is 16.5. The summed E-state index contributed by atoms with van der Waals surface area (Å²) in [6, 6.07) is 9.84. The summed E-state index contributed by atoms with van der Waals surface area (Å²) >= 11 is 0. The van der Waals surface area contributed by atoms with Gasteiger partial charge in [0, 0.05) is 6.54 Å². The summed E-state index contributed by atoms with van der Waals surface area (Å²) < 4.78 is 7.84. The highest BCUT2D eigenvalue weighted by Gasteiger charge is 2.04. The number of imidazole rings is 1. The fourth-order valence-corrected chi connectivity index (χ4v) is 1.74. The zero-order valence-corrected chi connectivity index (χ0v) is 9.68. The number of aryl methyl sites for hydroxylation is 1. The van der Waals surface area contributed by atoms with Gasteiger partial charge in [0.25, 0.3) is 0 Å². The molecule has 0 radical (unpaired) electrons. The van der Waals surface area contributed by atoms with Crippen LogP contribution in [0.15, 0.2) is 36.5 Å². The van der Waals surface area contributed by atoms with E-state index in [2.05, 4.69) is 16.5 Å². The topological polar surface area (TPSA) is 27.1 Å². The predicted molar refractivity (Wildman–Crippen MR) is 63.4 cm³/mol. The summed E-state index contributed by atoms with van der Waals surface area (Å²) in [7, 11) is 0. The Balaban J connectivity index is 2.05. The van der Waals surface area contributed by atoms with Crippen molar-refractivity contribution in [2.24, 2.45) is 0 Å². The van der Waals surface area contributed by atoms with Gasteiger partial charge in [0.1, 0.15) is 18.2 Å². The van der Waals surface area contributed by atoms with Gasteiger partial charge in [-0.1, -0.05) is 18.2 Å². The fraction of sp³-hybridized carbons (Fsp3) is 0.308. The summed E-state index contributed by atoms with van der Waals surface area (Å²) in [6.07, 6.45) is 1.88. The minimum absolute atomic E-state index is 0.568. The van der Waals surface area contributed by atoms with Gasteiger partial charge >= 0.3 is 0 Å². The van der Waals surface area contributed by atoms with Crippen LogP contribution in [-0.4, -0.2) is 9.55 Å². The summed E-state index contributed by atoms with van der Waals surface area (Å²) in [5, 5.41) is 0. The van der Waals surface area contributed by atoms with Crippen molar-refractivity contribution in [2.45, 2.75) is 27.0 Å². The standard InChI is InChI=1S/C13H16N2O/c1-3-15-11(2)14-9-12(15)10-16-13-7-5-4-6-8-13/h4-9H,3,10H2,1-2H3. The maximum absolute atomic E-state index is 5.69. The number of hydrogen-bond donors (Lipinski definition) is 0. The normalized spacial score (nSPS) is 10.4. The Bertz CT molecular complexity index is 448. The molecule has 0 aliphatic carbocycles. The Morgan fingerprint density at radius 1 is 1.25 bits per heavy atom. The summed E-state index contributed by atoms with van der Waals surface area (Å²) in [4.78, 5) is 4.28. The maximum atomic E-state index is 5.69. The van der Waals surface area contributed by atoms with E-state index in [9.17, 15) is 0 Å². The first kappa shape index (κ1) is 10.7.